The van der Waals surface area contributed by atoms with Crippen LogP contribution in [0, 0.1) is 27.7 Å². The maximum atomic E-state index is 12.3. The largest absolute Gasteiger partial charge is 4.00 e. The van der Waals surface area contributed by atoms with Gasteiger partial charge in [-0.2, -0.15) is 49.2 Å². The van der Waals surface area contributed by atoms with E-state index in [9.17, 15) is 10.2 Å². The molecule has 2 aliphatic carbocycles. The molecule has 0 heterocycles. The number of hydrogen-bond acceptors (Lipinski definition) is 4. The number of rotatable bonds is 9. The fourth-order valence-electron chi connectivity index (χ4n) is 10.2. The molecule has 4 nitrogen and oxygen atoms in total. The van der Waals surface area contributed by atoms with Crippen molar-refractivity contribution in [1.82, 2.24) is 9.80 Å². The van der Waals surface area contributed by atoms with E-state index in [0.717, 1.165) is 57.6 Å². The average molecular weight is 958 g/mol. The Bertz CT molecular complexity index is 2670. The van der Waals surface area contributed by atoms with Crippen molar-refractivity contribution in [3.05, 3.63) is 263 Å². The number of benzene rings is 8. The third kappa shape index (κ3) is 9.83. The Hall–Kier alpha value is -6.10. The molecule has 0 saturated heterocycles. The Balaban J connectivity index is 0.000000380. The SMILES string of the molecule is Cc1cc(CN(CCN(C)C)Cc2cc(C)cc(C3(C)c4ccccc4-c4ccccc43)c2O)c(O)c(C2(C)c3ccccc3-c3ccccc32)c1.[CH2-]c1ccccc1.[CH2-]c1ccccc1.[Zr+4]. The first-order valence-electron chi connectivity index (χ1n) is 23.0. The maximum absolute atomic E-state index is 12.3. The van der Waals surface area contributed by atoms with Crippen LogP contribution in [0.5, 0.6) is 11.5 Å². The van der Waals surface area contributed by atoms with Crippen molar-refractivity contribution in [2.75, 3.05) is 27.2 Å². The Morgan fingerprint density at radius 1 is 0.418 bits per heavy atom. The van der Waals surface area contributed by atoms with E-state index in [2.05, 4.69) is 187 Å². The number of phenolic OH excluding ortho intramolecular Hbond substituents is 2. The van der Waals surface area contributed by atoms with Gasteiger partial charge in [-0.05, 0) is 86.3 Å². The van der Waals surface area contributed by atoms with E-state index < -0.39 is 10.8 Å². The van der Waals surface area contributed by atoms with Crippen molar-refractivity contribution in [3.8, 4) is 33.8 Å². The minimum atomic E-state index is -0.500. The Morgan fingerprint density at radius 3 is 1.00 bits per heavy atom. The second-order valence-electron chi connectivity index (χ2n) is 18.6. The van der Waals surface area contributed by atoms with Crippen LogP contribution in [0.1, 0.15) is 80.6 Å². The van der Waals surface area contributed by atoms with Crippen LogP contribution in [0.25, 0.3) is 22.3 Å². The van der Waals surface area contributed by atoms with Crippen molar-refractivity contribution in [2.45, 2.75) is 51.6 Å². The smallest absolute Gasteiger partial charge is 0.507 e. The van der Waals surface area contributed by atoms with E-state index in [-0.39, 0.29) is 26.2 Å². The molecule has 0 spiro atoms. The standard InChI is InChI=1S/C48H48N2O2.2C7H7.Zr/c1-31-25-33(45(51)43(27-31)47(3)39-19-11-7-15-35(39)36-16-8-12-20-40(36)47)29-50(24-23-49(5)6)30-34-26-32(2)28-44(46(34)52)48(4)41-21-13-9-17-37(41)38-18-10-14-22-42(38)48;2*1-7-5-3-2-4-6-7;/h7-22,25-28,51-52H,23-24,29-30H2,1-6H3;2*2-6H,1H2;/q;2*-1;+4. The van der Waals surface area contributed by atoms with Crippen molar-refractivity contribution in [3.63, 3.8) is 0 Å². The zero-order valence-corrected chi connectivity index (χ0v) is 42.3. The minimum absolute atomic E-state index is 0. The molecule has 67 heavy (non-hydrogen) atoms. The first kappa shape index (κ1) is 48.8. The second-order valence-corrected chi connectivity index (χ2v) is 18.6. The molecule has 0 fully saturated rings. The molecule has 0 radical (unpaired) electrons. The molecular formula is C62H62N2O2Zr+2. The summed E-state index contributed by atoms with van der Waals surface area (Å²) in [5.41, 5.74) is 16.8. The molecule has 0 unspecified atom stereocenters. The summed E-state index contributed by atoms with van der Waals surface area (Å²) in [6, 6.07) is 62.8. The topological polar surface area (TPSA) is 46.9 Å². The summed E-state index contributed by atoms with van der Waals surface area (Å²) in [4.78, 5) is 4.56. The van der Waals surface area contributed by atoms with Gasteiger partial charge in [0, 0.05) is 59.3 Å². The van der Waals surface area contributed by atoms with Gasteiger partial charge in [0.05, 0.1) is 0 Å². The van der Waals surface area contributed by atoms with Crippen LogP contribution in [0.15, 0.2) is 182 Å². The van der Waals surface area contributed by atoms with E-state index in [1.165, 1.54) is 44.5 Å². The predicted molar refractivity (Wildman–Crippen MR) is 275 cm³/mol. The van der Waals surface area contributed by atoms with E-state index in [0.29, 0.717) is 24.6 Å². The van der Waals surface area contributed by atoms with Crippen LogP contribution >= 0.6 is 0 Å². The zero-order chi connectivity index (χ0) is 46.6. The number of likely N-dealkylation sites (N-methyl/N-ethyl adjacent to an activating group) is 1. The number of phenols is 2. The normalized spacial score (nSPS) is 13.2. The number of aryl methyl sites for hydroxylation is 2. The van der Waals surface area contributed by atoms with Crippen LogP contribution in [-0.2, 0) is 50.1 Å². The summed E-state index contributed by atoms with van der Waals surface area (Å²) < 4.78 is 0. The van der Waals surface area contributed by atoms with Gasteiger partial charge in [-0.1, -0.05) is 145 Å². The average Bonchev–Trinajstić information content (AvgIpc) is 3.74. The number of nitrogens with zero attached hydrogens (tertiary/aromatic N) is 2. The quantitative estimate of drug-likeness (QED) is 0.142. The van der Waals surface area contributed by atoms with Gasteiger partial charge in [0.2, 0.25) is 0 Å². The zero-order valence-electron chi connectivity index (χ0n) is 39.9. The number of aromatic hydroxyl groups is 2. The summed E-state index contributed by atoms with van der Waals surface area (Å²) in [5, 5.41) is 24.6. The Morgan fingerprint density at radius 2 is 0.716 bits per heavy atom. The Kier molecular flexibility index (Phi) is 15.2. The molecule has 0 bridgehead atoms. The first-order chi connectivity index (χ1) is 31.8. The van der Waals surface area contributed by atoms with Gasteiger partial charge < -0.3 is 15.1 Å². The first-order valence-corrected chi connectivity index (χ1v) is 23.0. The molecule has 2 aliphatic rings. The van der Waals surface area contributed by atoms with Gasteiger partial charge in [-0.15, -0.1) is 24.3 Å². The molecular weight excluding hydrogens is 896 g/mol. The predicted octanol–water partition coefficient (Wildman–Crippen LogP) is 13.7. The number of fused-ring (bicyclic) bond motifs is 6. The van der Waals surface area contributed by atoms with Gasteiger partial charge in [0.25, 0.3) is 0 Å². The second kappa shape index (κ2) is 20.8. The van der Waals surface area contributed by atoms with Crippen LogP contribution in [0.2, 0.25) is 0 Å². The fraction of sp³-hybridized carbons (Fsp3) is 0.194. The van der Waals surface area contributed by atoms with E-state index in [1.54, 1.807) is 0 Å². The molecule has 10 rings (SSSR count). The molecule has 0 saturated carbocycles. The van der Waals surface area contributed by atoms with E-state index >= 15 is 0 Å². The molecule has 0 atom stereocenters. The van der Waals surface area contributed by atoms with Crippen molar-refractivity contribution in [1.29, 1.82) is 0 Å². The molecule has 5 heteroatoms. The van der Waals surface area contributed by atoms with Gasteiger partial charge in [0.15, 0.2) is 0 Å². The fourth-order valence-corrected chi connectivity index (χ4v) is 10.2. The summed E-state index contributed by atoms with van der Waals surface area (Å²) >= 11 is 0. The van der Waals surface area contributed by atoms with Gasteiger partial charge in [0.1, 0.15) is 11.5 Å². The molecule has 0 aromatic heterocycles. The molecule has 0 aliphatic heterocycles. The third-order valence-corrected chi connectivity index (χ3v) is 13.5. The minimum Gasteiger partial charge on any atom is -0.507 e. The van der Waals surface area contributed by atoms with Gasteiger partial charge >= 0.3 is 26.2 Å². The van der Waals surface area contributed by atoms with Crippen LogP contribution in [-0.4, -0.2) is 47.2 Å². The molecule has 334 valence electrons. The third-order valence-electron chi connectivity index (χ3n) is 13.5. The summed E-state index contributed by atoms with van der Waals surface area (Å²) in [6.07, 6.45) is 0. The molecule has 0 amide bonds. The van der Waals surface area contributed by atoms with Gasteiger partial charge in [-0.25, -0.2) is 0 Å². The molecule has 8 aromatic carbocycles. The summed E-state index contributed by atoms with van der Waals surface area (Å²) in [7, 11) is 4.18. The van der Waals surface area contributed by atoms with E-state index in [4.69, 9.17) is 0 Å². The molecule has 8 aromatic rings. The summed E-state index contributed by atoms with van der Waals surface area (Å²) in [6.45, 7) is 18.9. The van der Waals surface area contributed by atoms with Crippen molar-refractivity contribution < 1.29 is 36.4 Å². The Labute approximate surface area is 418 Å². The van der Waals surface area contributed by atoms with Crippen molar-refractivity contribution >= 4 is 0 Å². The molecule has 2 N–H and O–H groups in total. The van der Waals surface area contributed by atoms with Crippen molar-refractivity contribution in [2.24, 2.45) is 0 Å². The maximum Gasteiger partial charge on any atom is 4.00 e. The monoisotopic (exact) mass is 956 g/mol. The van der Waals surface area contributed by atoms with Crippen LogP contribution in [0.3, 0.4) is 0 Å². The van der Waals surface area contributed by atoms with Crippen LogP contribution < -0.4 is 0 Å². The van der Waals surface area contributed by atoms with Crippen LogP contribution in [0.4, 0.5) is 0 Å². The van der Waals surface area contributed by atoms with E-state index in [1.807, 2.05) is 60.7 Å². The summed E-state index contributed by atoms with van der Waals surface area (Å²) in [5.74, 6) is 0.686. The number of hydrogen-bond donors (Lipinski definition) is 2. The van der Waals surface area contributed by atoms with Gasteiger partial charge in [-0.3, -0.25) is 4.90 Å².